The van der Waals surface area contributed by atoms with Crippen LogP contribution in [0.15, 0.2) is 0 Å². The Labute approximate surface area is 112 Å². The summed E-state index contributed by atoms with van der Waals surface area (Å²) in [6.07, 6.45) is 6.77. The average Bonchev–Trinajstić information content (AvgIpc) is 2.29. The zero-order valence-corrected chi connectivity index (χ0v) is 12.8. The van der Waals surface area contributed by atoms with Crippen molar-refractivity contribution in [1.82, 2.24) is 0 Å². The molecule has 4 nitrogen and oxygen atoms in total. The first-order valence-electron chi connectivity index (χ1n) is 6.54. The number of unbranched alkanes of at least 4 members (excludes halogenated alkanes) is 3. The molecule has 0 saturated heterocycles. The normalized spacial score (nSPS) is 10.1. The number of hydrogen-bond acceptors (Lipinski definition) is 3. The van der Waals surface area contributed by atoms with Gasteiger partial charge in [0, 0.05) is 0 Å². The molecule has 0 aromatic rings. The van der Waals surface area contributed by atoms with Gasteiger partial charge in [-0.2, -0.15) is 0 Å². The van der Waals surface area contributed by atoms with Crippen molar-refractivity contribution in [1.29, 1.82) is 0 Å². The van der Waals surface area contributed by atoms with Gasteiger partial charge in [0.05, 0.1) is 0 Å². The molecule has 0 unspecified atom stereocenters. The van der Waals surface area contributed by atoms with E-state index >= 15 is 0 Å². The summed E-state index contributed by atoms with van der Waals surface area (Å²) in [4.78, 5) is 0. The molecule has 0 amide bonds. The molecule has 0 radical (unpaired) electrons. The summed E-state index contributed by atoms with van der Waals surface area (Å²) >= 11 is -1.90. The summed E-state index contributed by atoms with van der Waals surface area (Å²) in [7, 11) is 0. The maximum Gasteiger partial charge on any atom is -2.00 e. The van der Waals surface area contributed by atoms with Gasteiger partial charge < -0.3 is 5.48 Å². The van der Waals surface area contributed by atoms with Crippen molar-refractivity contribution in [2.24, 2.45) is 0 Å². The smallest absolute Gasteiger partial charge is 2.00 e. The Morgan fingerprint density at radius 3 is 1.18 bits per heavy atom. The molecule has 0 spiro atoms. The molecule has 17 heavy (non-hydrogen) atoms. The van der Waals surface area contributed by atoms with Crippen molar-refractivity contribution in [3.05, 3.63) is 0 Å². The number of rotatable bonds is 12. The van der Waals surface area contributed by atoms with Crippen LogP contribution < -0.4 is 0 Å². The van der Waals surface area contributed by atoms with E-state index in [1.54, 1.807) is 0 Å². The van der Waals surface area contributed by atoms with Gasteiger partial charge in [0.25, 0.3) is 0 Å². The SMILES string of the molecule is CCCC[O][V+2]([O]CCCC)[O]CCCC.[O-2]. The molecule has 0 rings (SSSR count). The second kappa shape index (κ2) is 16.4. The van der Waals surface area contributed by atoms with Crippen molar-refractivity contribution in [2.45, 2.75) is 59.3 Å². The summed E-state index contributed by atoms with van der Waals surface area (Å²) in [6, 6.07) is 0. The van der Waals surface area contributed by atoms with Gasteiger partial charge in [0.1, 0.15) is 0 Å². The maximum absolute atomic E-state index is 5.68. The summed E-state index contributed by atoms with van der Waals surface area (Å²) in [6.45, 7) is 8.85. The summed E-state index contributed by atoms with van der Waals surface area (Å²) in [5, 5.41) is 0. The van der Waals surface area contributed by atoms with Crippen LogP contribution in [-0.4, -0.2) is 19.8 Å². The molecular formula is C12H27O4V. The van der Waals surface area contributed by atoms with Crippen molar-refractivity contribution < 1.29 is 32.7 Å². The molecular weight excluding hydrogens is 259 g/mol. The summed E-state index contributed by atoms with van der Waals surface area (Å²) in [5.74, 6) is 0. The van der Waals surface area contributed by atoms with Crippen LogP contribution >= 0.6 is 0 Å². The van der Waals surface area contributed by atoms with E-state index in [2.05, 4.69) is 20.8 Å². The van der Waals surface area contributed by atoms with E-state index < -0.39 is 16.2 Å². The van der Waals surface area contributed by atoms with Crippen molar-refractivity contribution >= 4 is 0 Å². The third-order valence-corrected chi connectivity index (χ3v) is 3.93. The summed E-state index contributed by atoms with van der Waals surface area (Å²) in [5.41, 5.74) is 0. The van der Waals surface area contributed by atoms with E-state index in [9.17, 15) is 0 Å². The predicted octanol–water partition coefficient (Wildman–Crippen LogP) is 3.68. The van der Waals surface area contributed by atoms with Gasteiger partial charge in [-0.05, 0) is 0 Å². The molecule has 0 atom stereocenters. The van der Waals surface area contributed by atoms with Crippen molar-refractivity contribution in [2.75, 3.05) is 19.8 Å². The molecule has 0 aliphatic rings. The molecule has 0 fully saturated rings. The molecule has 0 saturated carbocycles. The molecule has 104 valence electrons. The van der Waals surface area contributed by atoms with E-state index in [1.165, 1.54) is 0 Å². The molecule has 0 bridgehead atoms. The first-order chi connectivity index (χ1) is 7.85. The van der Waals surface area contributed by atoms with Crippen LogP contribution in [0.3, 0.4) is 0 Å². The van der Waals surface area contributed by atoms with Crippen LogP contribution in [0.5, 0.6) is 0 Å². The van der Waals surface area contributed by atoms with E-state index in [4.69, 9.17) is 11.0 Å². The van der Waals surface area contributed by atoms with Gasteiger partial charge in [-0.1, -0.05) is 0 Å². The minimum Gasteiger partial charge on any atom is -2.00 e. The topological polar surface area (TPSA) is 56.2 Å². The molecule has 0 N–H and O–H groups in total. The predicted molar refractivity (Wildman–Crippen MR) is 63.3 cm³/mol. The second-order valence-corrected chi connectivity index (χ2v) is 5.69. The first kappa shape index (κ1) is 19.8. The van der Waals surface area contributed by atoms with Gasteiger partial charge >= 0.3 is 106 Å². The van der Waals surface area contributed by atoms with E-state index in [0.29, 0.717) is 0 Å². The monoisotopic (exact) mass is 286 g/mol. The van der Waals surface area contributed by atoms with Gasteiger partial charge in [0.15, 0.2) is 0 Å². The minimum absolute atomic E-state index is 0. The second-order valence-electron chi connectivity index (χ2n) is 3.78. The molecule has 0 heterocycles. The first-order valence-corrected chi connectivity index (χ1v) is 8.25. The van der Waals surface area contributed by atoms with E-state index in [-0.39, 0.29) is 5.48 Å². The Hall–Kier alpha value is 0.424. The van der Waals surface area contributed by atoms with E-state index in [1.807, 2.05) is 0 Å². The van der Waals surface area contributed by atoms with Crippen LogP contribution in [-0.2, 0) is 32.7 Å². The van der Waals surface area contributed by atoms with Gasteiger partial charge in [-0.3, -0.25) is 0 Å². The molecule has 0 aliphatic carbocycles. The zero-order chi connectivity index (χ0) is 12.1. The minimum atomic E-state index is -1.90. The Balaban J connectivity index is 0. The fraction of sp³-hybridized carbons (Fsp3) is 1.00. The molecule has 5 heteroatoms. The van der Waals surface area contributed by atoms with Crippen LogP contribution in [0.4, 0.5) is 0 Å². The fourth-order valence-electron chi connectivity index (χ4n) is 0.962. The maximum atomic E-state index is 5.68. The largest absolute Gasteiger partial charge is 2.00 e. The molecule has 0 aromatic heterocycles. The Morgan fingerprint density at radius 2 is 0.941 bits per heavy atom. The zero-order valence-electron chi connectivity index (χ0n) is 11.4. The Morgan fingerprint density at radius 1 is 0.647 bits per heavy atom. The Bertz CT molecular complexity index is 112. The van der Waals surface area contributed by atoms with Crippen LogP contribution in [0, 0.1) is 0 Å². The van der Waals surface area contributed by atoms with Crippen molar-refractivity contribution in [3.8, 4) is 0 Å². The third-order valence-electron chi connectivity index (χ3n) is 2.08. The van der Waals surface area contributed by atoms with Gasteiger partial charge in [-0.15, -0.1) is 0 Å². The van der Waals surface area contributed by atoms with Gasteiger partial charge in [0.2, 0.25) is 0 Å². The average molecular weight is 286 g/mol. The van der Waals surface area contributed by atoms with Crippen LogP contribution in [0.1, 0.15) is 59.3 Å². The quantitative estimate of drug-likeness (QED) is 0.514. The Kier molecular flexibility index (Phi) is 19.1. The number of hydrogen-bond donors (Lipinski definition) is 0. The van der Waals surface area contributed by atoms with Crippen molar-refractivity contribution in [3.63, 3.8) is 0 Å². The summed E-state index contributed by atoms with van der Waals surface area (Å²) < 4.78 is 17.0. The van der Waals surface area contributed by atoms with Gasteiger partial charge in [-0.25, -0.2) is 0 Å². The standard InChI is InChI=1S/3C4H9O.O.V/c3*1-2-3-4-5;;/h3*2-4H2,1H3;;/q3*-1;-2;+5. The van der Waals surface area contributed by atoms with Crippen LogP contribution in [0.2, 0.25) is 0 Å². The fourth-order valence-corrected chi connectivity index (χ4v) is 2.61. The third kappa shape index (κ3) is 14.4. The molecule has 0 aromatic carbocycles. The molecule has 0 aliphatic heterocycles. The van der Waals surface area contributed by atoms with E-state index in [0.717, 1.165) is 58.3 Å². The van der Waals surface area contributed by atoms with Crippen LogP contribution in [0.25, 0.3) is 0 Å².